The number of rotatable bonds is 0. The second-order valence-corrected chi connectivity index (χ2v) is 5.20. The number of hydrogen-bond acceptors (Lipinski definition) is 1. The Morgan fingerprint density at radius 2 is 2.08 bits per heavy atom. The molecule has 0 saturated carbocycles. The summed E-state index contributed by atoms with van der Waals surface area (Å²) in [5.41, 5.74) is 2.94. The number of fused-ring (bicyclic) bond motifs is 1. The summed E-state index contributed by atoms with van der Waals surface area (Å²) < 4.78 is 0.807. The van der Waals surface area contributed by atoms with E-state index in [0.29, 0.717) is 5.75 Å². The highest BCUT2D eigenvalue weighted by molar-refractivity contribution is 9.10. The maximum atomic E-state index is 9.51. The van der Waals surface area contributed by atoms with Gasteiger partial charge in [-0.2, -0.15) is 0 Å². The molecular weight excluding hydrogens is 228 g/mol. The summed E-state index contributed by atoms with van der Waals surface area (Å²) in [5, 5.41) is 9.51. The van der Waals surface area contributed by atoms with Crippen molar-refractivity contribution in [1.29, 1.82) is 0 Å². The maximum Gasteiger partial charge on any atom is 0.130 e. The summed E-state index contributed by atoms with van der Waals surface area (Å²) in [7, 11) is 0. The van der Waals surface area contributed by atoms with Crippen molar-refractivity contribution in [3.8, 4) is 5.75 Å². The van der Waals surface area contributed by atoms with Gasteiger partial charge >= 0.3 is 0 Å². The third kappa shape index (κ3) is 1.37. The van der Waals surface area contributed by atoms with Gasteiger partial charge in [0, 0.05) is 0 Å². The molecule has 1 aromatic carbocycles. The first kappa shape index (κ1) is 9.07. The van der Waals surface area contributed by atoms with Crippen LogP contribution < -0.4 is 0 Å². The summed E-state index contributed by atoms with van der Waals surface area (Å²) >= 11 is 3.35. The monoisotopic (exact) mass is 240 g/mol. The summed E-state index contributed by atoms with van der Waals surface area (Å²) in [6.07, 6.45) is 2.27. The van der Waals surface area contributed by atoms with Crippen LogP contribution in [0.15, 0.2) is 16.6 Å². The first-order chi connectivity index (χ1) is 6.00. The van der Waals surface area contributed by atoms with Crippen molar-refractivity contribution in [1.82, 2.24) is 0 Å². The van der Waals surface area contributed by atoms with Crippen LogP contribution in [0.1, 0.15) is 31.4 Å². The molecule has 0 bridgehead atoms. The van der Waals surface area contributed by atoms with E-state index in [4.69, 9.17) is 0 Å². The topological polar surface area (TPSA) is 20.2 Å². The van der Waals surface area contributed by atoms with Crippen LogP contribution in [-0.2, 0) is 11.8 Å². The first-order valence-electron chi connectivity index (χ1n) is 4.52. The van der Waals surface area contributed by atoms with Crippen LogP contribution >= 0.6 is 15.9 Å². The van der Waals surface area contributed by atoms with Gasteiger partial charge in [0.15, 0.2) is 0 Å². The lowest BCUT2D eigenvalue weighted by atomic mass is 9.87. The second-order valence-electron chi connectivity index (χ2n) is 4.34. The van der Waals surface area contributed by atoms with Gasteiger partial charge in [-0.1, -0.05) is 13.8 Å². The van der Waals surface area contributed by atoms with E-state index in [1.54, 1.807) is 0 Å². The molecule has 0 aliphatic heterocycles. The van der Waals surface area contributed by atoms with Crippen LogP contribution in [0.4, 0.5) is 0 Å². The smallest absolute Gasteiger partial charge is 0.130 e. The molecule has 0 amide bonds. The molecule has 1 aliphatic rings. The molecule has 0 heterocycles. The Kier molecular flexibility index (Phi) is 1.91. The molecule has 0 saturated heterocycles. The summed E-state index contributed by atoms with van der Waals surface area (Å²) in [6, 6.07) is 3.94. The standard InChI is InChI=1S/C11H13BrO/c1-11(2)4-3-7-5-10(13)9(12)6-8(7)11/h5-6,13H,3-4H2,1-2H3. The van der Waals surface area contributed by atoms with Gasteiger partial charge in [0.25, 0.3) is 0 Å². The first-order valence-corrected chi connectivity index (χ1v) is 5.32. The SMILES string of the molecule is CC1(C)CCc2cc(O)c(Br)cc21. The minimum atomic E-state index is 0.269. The largest absolute Gasteiger partial charge is 0.507 e. The minimum absolute atomic E-state index is 0.269. The predicted octanol–water partition coefficient (Wildman–Crippen LogP) is 3.38. The molecule has 1 N–H and O–H groups in total. The zero-order chi connectivity index (χ0) is 9.64. The number of benzene rings is 1. The Labute approximate surface area is 86.9 Å². The predicted molar refractivity (Wildman–Crippen MR) is 57.2 cm³/mol. The Balaban J connectivity index is 2.61. The fraction of sp³-hybridized carbons (Fsp3) is 0.455. The van der Waals surface area contributed by atoms with Gasteiger partial charge in [0.05, 0.1) is 4.47 Å². The van der Waals surface area contributed by atoms with Crippen molar-refractivity contribution < 1.29 is 5.11 Å². The van der Waals surface area contributed by atoms with Crippen LogP contribution in [0.3, 0.4) is 0 Å². The third-order valence-electron chi connectivity index (χ3n) is 2.92. The van der Waals surface area contributed by atoms with E-state index in [9.17, 15) is 5.11 Å². The molecular formula is C11H13BrO. The number of halogens is 1. The number of aryl methyl sites for hydroxylation is 1. The molecule has 70 valence electrons. The third-order valence-corrected chi connectivity index (χ3v) is 3.56. The van der Waals surface area contributed by atoms with Gasteiger partial charge < -0.3 is 5.11 Å². The number of phenolic OH excluding ortho intramolecular Hbond substituents is 1. The average Bonchev–Trinajstić information content (AvgIpc) is 2.31. The van der Waals surface area contributed by atoms with E-state index < -0.39 is 0 Å². The van der Waals surface area contributed by atoms with Gasteiger partial charge in [-0.15, -0.1) is 0 Å². The van der Waals surface area contributed by atoms with Crippen molar-refractivity contribution in [2.45, 2.75) is 32.1 Å². The molecule has 2 rings (SSSR count). The van der Waals surface area contributed by atoms with E-state index >= 15 is 0 Å². The minimum Gasteiger partial charge on any atom is -0.507 e. The van der Waals surface area contributed by atoms with Crippen LogP contribution in [0, 0.1) is 0 Å². The fourth-order valence-electron chi connectivity index (χ4n) is 2.02. The van der Waals surface area contributed by atoms with Crippen molar-refractivity contribution in [2.24, 2.45) is 0 Å². The van der Waals surface area contributed by atoms with Gasteiger partial charge in [-0.25, -0.2) is 0 Å². The van der Waals surface area contributed by atoms with Crippen LogP contribution in [-0.4, -0.2) is 5.11 Å². The molecule has 1 aromatic rings. The highest BCUT2D eigenvalue weighted by atomic mass is 79.9. The van der Waals surface area contributed by atoms with E-state index in [0.717, 1.165) is 10.9 Å². The zero-order valence-corrected chi connectivity index (χ0v) is 9.48. The quantitative estimate of drug-likeness (QED) is 0.738. The Hall–Kier alpha value is -0.500. The lowest BCUT2D eigenvalue weighted by Gasteiger charge is -2.19. The highest BCUT2D eigenvalue weighted by Crippen LogP contribution is 2.42. The van der Waals surface area contributed by atoms with E-state index in [1.807, 2.05) is 6.07 Å². The number of aromatic hydroxyl groups is 1. The maximum absolute atomic E-state index is 9.51. The van der Waals surface area contributed by atoms with Gasteiger partial charge in [-0.05, 0) is 57.4 Å². The number of hydrogen-bond donors (Lipinski definition) is 1. The van der Waals surface area contributed by atoms with Crippen LogP contribution in [0.5, 0.6) is 5.75 Å². The lowest BCUT2D eigenvalue weighted by molar-refractivity contribution is 0.471. The molecule has 0 aromatic heterocycles. The molecule has 0 unspecified atom stereocenters. The Morgan fingerprint density at radius 1 is 1.38 bits per heavy atom. The van der Waals surface area contributed by atoms with Gasteiger partial charge in [0.1, 0.15) is 5.75 Å². The molecule has 0 spiro atoms. The lowest BCUT2D eigenvalue weighted by Crippen LogP contribution is -2.11. The molecule has 0 radical (unpaired) electrons. The molecule has 0 fully saturated rings. The van der Waals surface area contributed by atoms with Gasteiger partial charge in [-0.3, -0.25) is 0 Å². The zero-order valence-electron chi connectivity index (χ0n) is 7.89. The van der Waals surface area contributed by atoms with Crippen molar-refractivity contribution in [3.05, 3.63) is 27.7 Å². The summed E-state index contributed by atoms with van der Waals surface area (Å²) in [6.45, 7) is 4.50. The van der Waals surface area contributed by atoms with Crippen molar-refractivity contribution in [3.63, 3.8) is 0 Å². The molecule has 1 aliphatic carbocycles. The highest BCUT2D eigenvalue weighted by Gasteiger charge is 2.30. The summed E-state index contributed by atoms with van der Waals surface area (Å²) in [5.74, 6) is 0.358. The molecule has 0 atom stereocenters. The molecule has 13 heavy (non-hydrogen) atoms. The second kappa shape index (κ2) is 2.74. The Morgan fingerprint density at radius 3 is 2.77 bits per heavy atom. The van der Waals surface area contributed by atoms with E-state index in [2.05, 4.69) is 35.8 Å². The van der Waals surface area contributed by atoms with E-state index in [-0.39, 0.29) is 5.41 Å². The van der Waals surface area contributed by atoms with Crippen LogP contribution in [0.25, 0.3) is 0 Å². The van der Waals surface area contributed by atoms with Crippen molar-refractivity contribution >= 4 is 15.9 Å². The van der Waals surface area contributed by atoms with Crippen LogP contribution in [0.2, 0.25) is 0 Å². The summed E-state index contributed by atoms with van der Waals surface area (Å²) in [4.78, 5) is 0. The number of phenols is 1. The molecule has 2 heteroatoms. The fourth-order valence-corrected chi connectivity index (χ4v) is 2.37. The molecule has 1 nitrogen and oxygen atoms in total. The van der Waals surface area contributed by atoms with Gasteiger partial charge in [0.2, 0.25) is 0 Å². The normalized spacial score (nSPS) is 18.7. The Bertz CT molecular complexity index is 355. The van der Waals surface area contributed by atoms with E-state index in [1.165, 1.54) is 17.5 Å². The average molecular weight is 241 g/mol. The van der Waals surface area contributed by atoms with Crippen molar-refractivity contribution in [2.75, 3.05) is 0 Å².